The van der Waals surface area contributed by atoms with Crippen molar-refractivity contribution in [3.05, 3.63) is 59.7 Å². The zero-order chi connectivity index (χ0) is 14.5. The van der Waals surface area contributed by atoms with E-state index < -0.39 is 5.92 Å². The van der Waals surface area contributed by atoms with Gasteiger partial charge < -0.3 is 5.32 Å². The number of hydrogen-bond donors (Lipinski definition) is 1. The number of amides is 1. The van der Waals surface area contributed by atoms with E-state index in [-0.39, 0.29) is 11.7 Å². The third-order valence-electron chi connectivity index (χ3n) is 3.01. The van der Waals surface area contributed by atoms with Crippen LogP contribution in [0.1, 0.15) is 12.0 Å². The van der Waals surface area contributed by atoms with E-state index in [9.17, 15) is 9.59 Å². The number of carbonyl (C=O) groups excluding carboxylic acids is 2. The van der Waals surface area contributed by atoms with E-state index in [0.717, 1.165) is 5.56 Å². The van der Waals surface area contributed by atoms with Crippen LogP contribution in [0.2, 0.25) is 0 Å². The van der Waals surface area contributed by atoms with E-state index in [2.05, 4.69) is 11.9 Å². The number of carbonyl (C=O) groups is 2. The Morgan fingerprint density at radius 2 is 2.20 bits per heavy atom. The number of ketones is 1. The molecule has 0 bridgehead atoms. The van der Waals surface area contributed by atoms with Gasteiger partial charge in [-0.1, -0.05) is 42.5 Å². The standard InChI is InChI=1S/C16H14ClNO2/c1-2-11-4-3-5-13(10-11)18-16(20)14-8-6-12(17)7-9-15(14)19/h2-7,9-10,14H,1,8H2,(H,18,20). The van der Waals surface area contributed by atoms with Crippen LogP contribution in [0.25, 0.3) is 6.08 Å². The van der Waals surface area contributed by atoms with Crippen LogP contribution in [0.3, 0.4) is 0 Å². The van der Waals surface area contributed by atoms with Gasteiger partial charge in [-0.15, -0.1) is 0 Å². The summed E-state index contributed by atoms with van der Waals surface area (Å²) < 4.78 is 0. The summed E-state index contributed by atoms with van der Waals surface area (Å²) in [6, 6.07) is 7.26. The summed E-state index contributed by atoms with van der Waals surface area (Å²) >= 11 is 5.84. The first-order valence-electron chi connectivity index (χ1n) is 6.21. The first kappa shape index (κ1) is 14.3. The van der Waals surface area contributed by atoms with Crippen LogP contribution in [-0.2, 0) is 9.59 Å². The average molecular weight is 288 g/mol. The summed E-state index contributed by atoms with van der Waals surface area (Å²) in [7, 11) is 0. The van der Waals surface area contributed by atoms with Crippen LogP contribution in [0.5, 0.6) is 0 Å². The number of rotatable bonds is 3. The van der Waals surface area contributed by atoms with Crippen LogP contribution >= 0.6 is 11.6 Å². The molecule has 1 aromatic carbocycles. The first-order chi connectivity index (χ1) is 9.60. The van der Waals surface area contributed by atoms with Gasteiger partial charge in [-0.05, 0) is 36.3 Å². The molecule has 0 saturated heterocycles. The normalized spacial score (nSPS) is 18.1. The fourth-order valence-electron chi connectivity index (χ4n) is 1.90. The highest BCUT2D eigenvalue weighted by molar-refractivity contribution is 6.31. The Kier molecular flexibility index (Phi) is 4.53. The molecule has 2 rings (SSSR count). The lowest BCUT2D eigenvalue weighted by Crippen LogP contribution is -2.28. The smallest absolute Gasteiger partial charge is 0.235 e. The molecule has 1 N–H and O–H groups in total. The van der Waals surface area contributed by atoms with Crippen LogP contribution in [0.4, 0.5) is 5.69 Å². The minimum Gasteiger partial charge on any atom is -0.325 e. The van der Waals surface area contributed by atoms with Gasteiger partial charge in [0.25, 0.3) is 0 Å². The Morgan fingerprint density at radius 1 is 1.40 bits per heavy atom. The maximum Gasteiger partial charge on any atom is 0.235 e. The van der Waals surface area contributed by atoms with E-state index in [1.807, 2.05) is 12.1 Å². The fraction of sp³-hybridized carbons (Fsp3) is 0.125. The van der Waals surface area contributed by atoms with Crippen molar-refractivity contribution in [1.29, 1.82) is 0 Å². The lowest BCUT2D eigenvalue weighted by atomic mass is 9.99. The van der Waals surface area contributed by atoms with E-state index in [4.69, 9.17) is 11.6 Å². The zero-order valence-corrected chi connectivity index (χ0v) is 11.6. The SMILES string of the molecule is C=Cc1cccc(NC(=O)C2CC=C(Cl)C=CC2=O)c1. The van der Waals surface area contributed by atoms with Gasteiger partial charge in [0, 0.05) is 10.7 Å². The number of nitrogens with one attached hydrogen (secondary N) is 1. The number of halogens is 1. The molecular formula is C16H14ClNO2. The quantitative estimate of drug-likeness (QED) is 0.864. The largest absolute Gasteiger partial charge is 0.325 e. The van der Waals surface area contributed by atoms with Gasteiger partial charge in [0.05, 0.1) is 0 Å². The molecule has 102 valence electrons. The van der Waals surface area contributed by atoms with Crippen molar-refractivity contribution in [1.82, 2.24) is 0 Å². The Bertz CT molecular complexity index is 617. The van der Waals surface area contributed by atoms with Crippen LogP contribution in [0, 0.1) is 5.92 Å². The molecule has 0 fully saturated rings. The summed E-state index contributed by atoms with van der Waals surface area (Å²) in [4.78, 5) is 24.0. The first-order valence-corrected chi connectivity index (χ1v) is 6.59. The monoisotopic (exact) mass is 287 g/mol. The van der Waals surface area contributed by atoms with Gasteiger partial charge in [-0.2, -0.15) is 0 Å². The lowest BCUT2D eigenvalue weighted by Gasteiger charge is -2.12. The second-order valence-electron chi connectivity index (χ2n) is 4.43. The third kappa shape index (κ3) is 3.45. The van der Waals surface area contributed by atoms with Crippen molar-refractivity contribution in [2.24, 2.45) is 5.92 Å². The topological polar surface area (TPSA) is 46.2 Å². The number of anilines is 1. The number of benzene rings is 1. The Hall–Kier alpha value is -2.13. The molecular weight excluding hydrogens is 274 g/mol. The van der Waals surface area contributed by atoms with Crippen molar-refractivity contribution < 1.29 is 9.59 Å². The molecule has 1 unspecified atom stereocenters. The van der Waals surface area contributed by atoms with E-state index in [1.165, 1.54) is 12.2 Å². The Labute approximate surface area is 122 Å². The maximum absolute atomic E-state index is 12.2. The summed E-state index contributed by atoms with van der Waals surface area (Å²) in [5, 5.41) is 3.22. The third-order valence-corrected chi connectivity index (χ3v) is 3.29. The molecule has 4 heteroatoms. The molecule has 0 heterocycles. The summed E-state index contributed by atoms with van der Waals surface area (Å²) in [5.41, 5.74) is 1.54. The van der Waals surface area contributed by atoms with E-state index in [1.54, 1.807) is 24.3 Å². The Balaban J connectivity index is 2.13. The minimum atomic E-state index is -0.741. The zero-order valence-electron chi connectivity index (χ0n) is 10.8. The second-order valence-corrected chi connectivity index (χ2v) is 4.87. The van der Waals surface area contributed by atoms with Gasteiger partial charge >= 0.3 is 0 Å². The van der Waals surface area contributed by atoms with Gasteiger partial charge in [-0.3, -0.25) is 9.59 Å². The molecule has 0 radical (unpaired) electrons. The van der Waals surface area contributed by atoms with Gasteiger partial charge in [0.2, 0.25) is 5.91 Å². The molecule has 1 aliphatic carbocycles. The van der Waals surface area contributed by atoms with Crippen LogP contribution in [-0.4, -0.2) is 11.7 Å². The van der Waals surface area contributed by atoms with Crippen molar-refractivity contribution in [2.45, 2.75) is 6.42 Å². The highest BCUT2D eigenvalue weighted by Gasteiger charge is 2.25. The second kappa shape index (κ2) is 6.35. The summed E-state index contributed by atoms with van der Waals surface area (Å²) in [5.74, 6) is -1.31. The van der Waals surface area contributed by atoms with Crippen molar-refractivity contribution in [2.75, 3.05) is 5.32 Å². The summed E-state index contributed by atoms with van der Waals surface area (Å²) in [6.07, 6.45) is 6.52. The predicted octanol–water partition coefficient (Wildman–Crippen LogP) is 3.54. The maximum atomic E-state index is 12.2. The molecule has 1 amide bonds. The molecule has 1 atom stereocenters. The van der Waals surface area contributed by atoms with Gasteiger partial charge in [0.15, 0.2) is 5.78 Å². The molecule has 0 spiro atoms. The Morgan fingerprint density at radius 3 is 2.95 bits per heavy atom. The highest BCUT2D eigenvalue weighted by atomic mass is 35.5. The van der Waals surface area contributed by atoms with E-state index in [0.29, 0.717) is 17.1 Å². The molecule has 20 heavy (non-hydrogen) atoms. The highest BCUT2D eigenvalue weighted by Crippen LogP contribution is 2.19. The molecule has 1 aliphatic rings. The van der Waals surface area contributed by atoms with Crippen LogP contribution in [0.15, 0.2) is 54.1 Å². The van der Waals surface area contributed by atoms with Crippen LogP contribution < -0.4 is 5.32 Å². The van der Waals surface area contributed by atoms with Crippen molar-refractivity contribution >= 4 is 35.1 Å². The molecule has 0 saturated carbocycles. The van der Waals surface area contributed by atoms with Gasteiger partial charge in [0.1, 0.15) is 5.92 Å². The van der Waals surface area contributed by atoms with Gasteiger partial charge in [-0.25, -0.2) is 0 Å². The van der Waals surface area contributed by atoms with E-state index >= 15 is 0 Å². The molecule has 3 nitrogen and oxygen atoms in total. The van der Waals surface area contributed by atoms with Crippen molar-refractivity contribution in [3.63, 3.8) is 0 Å². The van der Waals surface area contributed by atoms with Crippen molar-refractivity contribution in [3.8, 4) is 0 Å². The molecule has 1 aromatic rings. The predicted molar refractivity (Wildman–Crippen MR) is 81.4 cm³/mol. The lowest BCUT2D eigenvalue weighted by molar-refractivity contribution is -0.128. The molecule has 0 aromatic heterocycles. The minimum absolute atomic E-state index is 0.241. The number of hydrogen-bond acceptors (Lipinski definition) is 2. The fourth-order valence-corrected chi connectivity index (χ4v) is 2.05. The summed E-state index contributed by atoms with van der Waals surface area (Å²) in [6.45, 7) is 3.68. The molecule has 0 aliphatic heterocycles. The average Bonchev–Trinajstić information content (AvgIpc) is 2.61. The number of allylic oxidation sites excluding steroid dienone is 4.